The first-order valence-corrected chi connectivity index (χ1v) is 2.73. The van der Waals surface area contributed by atoms with E-state index in [0.717, 1.165) is 0 Å². The van der Waals surface area contributed by atoms with Crippen LogP contribution in [-0.4, -0.2) is 63.7 Å². The van der Waals surface area contributed by atoms with Crippen LogP contribution < -0.4 is 0 Å². The molecule has 0 aromatic carbocycles. The van der Waals surface area contributed by atoms with Crippen LogP contribution in [-0.2, 0) is 11.2 Å². The second-order valence-electron chi connectivity index (χ2n) is 0.662. The molecular weight excluding hydrogens is 142 g/mol. The van der Waals surface area contributed by atoms with E-state index in [4.69, 9.17) is 0 Å². The van der Waals surface area contributed by atoms with Crippen molar-refractivity contribution < 1.29 is 4.55 Å². The summed E-state index contributed by atoms with van der Waals surface area (Å²) in [7, 11) is 0. The number of hydrogen-bond donors (Lipinski definition) is 0. The van der Waals surface area contributed by atoms with Crippen LogP contribution in [0.25, 0.3) is 0 Å². The zero-order valence-corrected chi connectivity index (χ0v) is 4.20. The van der Waals surface area contributed by atoms with Crippen LogP contribution in [0.5, 0.6) is 0 Å². The first-order chi connectivity index (χ1) is 2.81. The molecule has 0 aromatic heterocycles. The summed E-state index contributed by atoms with van der Waals surface area (Å²) in [5, 5.41) is 2.65. The van der Waals surface area contributed by atoms with Crippen LogP contribution in [0.15, 0.2) is 24.0 Å². The normalized spacial score (nSPS) is 6.25. The van der Waals surface area contributed by atoms with Crippen molar-refractivity contribution in [3.05, 3.63) is 24.0 Å². The molecule has 4 heteroatoms. The molecule has 8 heavy (non-hydrogen) atoms. The van der Waals surface area contributed by atoms with E-state index in [0.29, 0.717) is 0 Å². The molecular formula is C4H8Na2OS. The standard InChI is InChI=1S/C4H6OS.2Na.2H/c1-3-6(5)4-2;;;;/h3-4H,1-2H2;;;;. The average Bonchev–Trinajstić information content (AvgIpc) is 1.65. The van der Waals surface area contributed by atoms with E-state index in [9.17, 15) is 4.55 Å². The molecule has 0 atom stereocenters. The quantitative estimate of drug-likeness (QED) is 0.392. The minimum absolute atomic E-state index is 0. The van der Waals surface area contributed by atoms with Crippen LogP contribution in [0.3, 0.4) is 0 Å². The van der Waals surface area contributed by atoms with Gasteiger partial charge in [-0.3, -0.25) is 0 Å². The molecule has 1 nitrogen and oxygen atoms in total. The van der Waals surface area contributed by atoms with Gasteiger partial charge in [0.05, 0.1) is 0 Å². The third-order valence-electron chi connectivity index (χ3n) is 0.329. The molecule has 0 bridgehead atoms. The van der Waals surface area contributed by atoms with Crippen LogP contribution in [0, 0.1) is 0 Å². The third kappa shape index (κ3) is 10.7. The fourth-order valence-electron chi connectivity index (χ4n) is 0.0680. The Bertz CT molecular complexity index is 59.1. The van der Waals surface area contributed by atoms with Crippen molar-refractivity contribution in [2.75, 3.05) is 0 Å². The Kier molecular flexibility index (Phi) is 23.7. The Balaban J connectivity index is -0.000000125. The molecule has 0 radical (unpaired) electrons. The van der Waals surface area contributed by atoms with Crippen LogP contribution in [0.4, 0.5) is 0 Å². The topological polar surface area (TPSA) is 23.1 Å². The third-order valence-corrected chi connectivity index (χ3v) is 0.986. The van der Waals surface area contributed by atoms with Gasteiger partial charge in [0.2, 0.25) is 0 Å². The van der Waals surface area contributed by atoms with Gasteiger partial charge in [0.1, 0.15) is 10.8 Å². The zero-order chi connectivity index (χ0) is 4.99. The molecule has 0 spiro atoms. The SMILES string of the molecule is C=C[S+]([O-])C=C.[NaH].[NaH]. The molecule has 0 aliphatic heterocycles. The van der Waals surface area contributed by atoms with Gasteiger partial charge < -0.3 is 4.55 Å². The molecule has 38 valence electrons. The van der Waals surface area contributed by atoms with Gasteiger partial charge >= 0.3 is 59.1 Å². The molecule has 0 saturated heterocycles. The summed E-state index contributed by atoms with van der Waals surface area (Å²) in [4.78, 5) is 0. The van der Waals surface area contributed by atoms with Crippen molar-refractivity contribution in [1.29, 1.82) is 0 Å². The molecule has 0 saturated carbocycles. The van der Waals surface area contributed by atoms with Crippen LogP contribution in [0.1, 0.15) is 0 Å². The Morgan fingerprint density at radius 3 is 1.38 bits per heavy atom. The Morgan fingerprint density at radius 1 is 1.12 bits per heavy atom. The molecule has 0 rings (SSSR count). The van der Waals surface area contributed by atoms with Gasteiger partial charge in [0.15, 0.2) is 0 Å². The van der Waals surface area contributed by atoms with Crippen molar-refractivity contribution in [2.45, 2.75) is 0 Å². The molecule has 0 heterocycles. The van der Waals surface area contributed by atoms with Crippen LogP contribution in [0.2, 0.25) is 0 Å². The predicted molar refractivity (Wildman–Crippen MR) is 42.8 cm³/mol. The molecule has 0 unspecified atom stereocenters. The van der Waals surface area contributed by atoms with E-state index in [1.165, 1.54) is 10.8 Å². The van der Waals surface area contributed by atoms with Gasteiger partial charge in [0, 0.05) is 11.2 Å². The summed E-state index contributed by atoms with van der Waals surface area (Å²) in [6.07, 6.45) is 0. The van der Waals surface area contributed by atoms with Gasteiger partial charge in [0.25, 0.3) is 0 Å². The molecule has 0 N–H and O–H groups in total. The van der Waals surface area contributed by atoms with E-state index in [-0.39, 0.29) is 59.1 Å². The Labute approximate surface area is 97.4 Å². The van der Waals surface area contributed by atoms with Crippen molar-refractivity contribution in [3.8, 4) is 0 Å². The molecule has 0 aliphatic carbocycles. The number of hydrogen-bond acceptors (Lipinski definition) is 1. The van der Waals surface area contributed by atoms with E-state index < -0.39 is 11.2 Å². The summed E-state index contributed by atoms with van der Waals surface area (Å²) < 4.78 is 10.1. The molecule has 0 aromatic rings. The van der Waals surface area contributed by atoms with Gasteiger partial charge in [-0.1, -0.05) is 13.2 Å². The van der Waals surface area contributed by atoms with Gasteiger partial charge in [-0.2, -0.15) is 0 Å². The van der Waals surface area contributed by atoms with Gasteiger partial charge in [-0.15, -0.1) is 0 Å². The van der Waals surface area contributed by atoms with E-state index >= 15 is 0 Å². The van der Waals surface area contributed by atoms with Crippen molar-refractivity contribution in [1.82, 2.24) is 0 Å². The average molecular weight is 150 g/mol. The Hall–Kier alpha value is 1.79. The zero-order valence-electron chi connectivity index (χ0n) is 3.39. The monoisotopic (exact) mass is 150 g/mol. The van der Waals surface area contributed by atoms with Crippen molar-refractivity contribution in [3.63, 3.8) is 0 Å². The predicted octanol–water partition coefficient (Wildman–Crippen LogP) is -0.275. The summed E-state index contributed by atoms with van der Waals surface area (Å²) in [5.41, 5.74) is 0. The second-order valence-corrected chi connectivity index (χ2v) is 1.99. The van der Waals surface area contributed by atoms with Gasteiger partial charge in [-0.25, -0.2) is 0 Å². The number of rotatable bonds is 2. The van der Waals surface area contributed by atoms with Gasteiger partial charge in [-0.05, 0) is 0 Å². The maximum absolute atomic E-state index is 10.1. The van der Waals surface area contributed by atoms with Crippen molar-refractivity contribution in [2.24, 2.45) is 0 Å². The first-order valence-electron chi connectivity index (χ1n) is 1.45. The fraction of sp³-hybridized carbons (Fsp3) is 0. The second kappa shape index (κ2) is 11.6. The molecule has 0 aliphatic rings. The maximum atomic E-state index is 10.1. The summed E-state index contributed by atoms with van der Waals surface area (Å²) in [6, 6.07) is 0. The summed E-state index contributed by atoms with van der Waals surface area (Å²) in [6.45, 7) is 6.52. The molecule has 0 fully saturated rings. The Morgan fingerprint density at radius 2 is 1.38 bits per heavy atom. The minimum atomic E-state index is -1.01. The van der Waals surface area contributed by atoms with E-state index in [1.807, 2.05) is 0 Å². The van der Waals surface area contributed by atoms with Crippen molar-refractivity contribution >= 4 is 70.3 Å². The van der Waals surface area contributed by atoms with Crippen LogP contribution >= 0.6 is 0 Å². The van der Waals surface area contributed by atoms with E-state index in [2.05, 4.69) is 13.2 Å². The fourth-order valence-corrected chi connectivity index (χ4v) is 0.204. The summed E-state index contributed by atoms with van der Waals surface area (Å²) in [5.74, 6) is 0. The summed E-state index contributed by atoms with van der Waals surface area (Å²) >= 11 is -1.01. The first kappa shape index (κ1) is 16.4. The molecule has 0 amide bonds. The van der Waals surface area contributed by atoms with E-state index in [1.54, 1.807) is 0 Å².